The maximum Gasteiger partial charge on any atom is 0.161 e. The van der Waals surface area contributed by atoms with Crippen LogP contribution >= 0.6 is 0 Å². The molecule has 2 rings (SSSR count). The van der Waals surface area contributed by atoms with Gasteiger partial charge in [-0.05, 0) is 30.3 Å². The fraction of sp³-hybridized carbons (Fsp3) is 0.143. The predicted molar refractivity (Wildman–Crippen MR) is 67.5 cm³/mol. The Morgan fingerprint density at radius 3 is 2.39 bits per heavy atom. The third-order valence-corrected chi connectivity index (χ3v) is 2.57. The Labute approximate surface area is 105 Å². The van der Waals surface area contributed by atoms with E-state index in [1.54, 1.807) is 32.5 Å². The van der Waals surface area contributed by atoms with Crippen molar-refractivity contribution in [2.24, 2.45) is 0 Å². The highest BCUT2D eigenvalue weighted by Gasteiger charge is 2.06. The number of rotatable bonds is 3. The number of aromatic nitrogens is 1. The highest BCUT2D eigenvalue weighted by Crippen LogP contribution is 2.31. The van der Waals surface area contributed by atoms with E-state index in [4.69, 9.17) is 14.7 Å². The molecule has 0 saturated heterocycles. The minimum absolute atomic E-state index is 0.541. The van der Waals surface area contributed by atoms with Crippen LogP contribution in [0, 0.1) is 11.3 Å². The Morgan fingerprint density at radius 2 is 1.83 bits per heavy atom. The fourth-order valence-electron chi connectivity index (χ4n) is 1.63. The molecule has 1 aromatic heterocycles. The molecule has 4 heteroatoms. The molecule has 2 aromatic rings. The van der Waals surface area contributed by atoms with Crippen LogP contribution in [0.25, 0.3) is 11.3 Å². The SMILES string of the molecule is COc1ccc(-c2ccc(C#N)cn2)cc1OC. The normalized spacial score (nSPS) is 9.61. The Morgan fingerprint density at radius 1 is 1.06 bits per heavy atom. The first kappa shape index (κ1) is 11.9. The monoisotopic (exact) mass is 240 g/mol. The second-order valence-corrected chi connectivity index (χ2v) is 3.61. The van der Waals surface area contributed by atoms with Crippen LogP contribution in [0.1, 0.15) is 5.56 Å². The van der Waals surface area contributed by atoms with Crippen LogP contribution < -0.4 is 9.47 Å². The van der Waals surface area contributed by atoms with E-state index >= 15 is 0 Å². The highest BCUT2D eigenvalue weighted by molar-refractivity contribution is 5.64. The molecule has 0 saturated carbocycles. The lowest BCUT2D eigenvalue weighted by Crippen LogP contribution is -1.91. The molecule has 0 bridgehead atoms. The van der Waals surface area contributed by atoms with Crippen LogP contribution in [0.15, 0.2) is 36.5 Å². The molecule has 0 radical (unpaired) electrons. The molecule has 0 aliphatic carbocycles. The molecule has 90 valence electrons. The summed E-state index contributed by atoms with van der Waals surface area (Å²) in [5.41, 5.74) is 2.24. The number of hydrogen-bond acceptors (Lipinski definition) is 4. The molecule has 0 unspecified atom stereocenters. The van der Waals surface area contributed by atoms with E-state index in [1.165, 1.54) is 0 Å². The first-order valence-corrected chi connectivity index (χ1v) is 5.37. The summed E-state index contributed by atoms with van der Waals surface area (Å²) in [5, 5.41) is 8.72. The zero-order valence-electron chi connectivity index (χ0n) is 10.2. The molecule has 0 N–H and O–H groups in total. The second-order valence-electron chi connectivity index (χ2n) is 3.61. The Hall–Kier alpha value is -2.54. The van der Waals surface area contributed by atoms with E-state index < -0.39 is 0 Å². The number of methoxy groups -OCH3 is 2. The lowest BCUT2D eigenvalue weighted by atomic mass is 10.1. The molecule has 0 amide bonds. The van der Waals surface area contributed by atoms with Gasteiger partial charge in [-0.2, -0.15) is 5.26 Å². The van der Waals surface area contributed by atoms with Crippen molar-refractivity contribution < 1.29 is 9.47 Å². The van der Waals surface area contributed by atoms with E-state index in [2.05, 4.69) is 4.98 Å². The average molecular weight is 240 g/mol. The second kappa shape index (κ2) is 5.19. The Kier molecular flexibility index (Phi) is 3.44. The van der Waals surface area contributed by atoms with Crippen LogP contribution in [0.4, 0.5) is 0 Å². The van der Waals surface area contributed by atoms with E-state index in [-0.39, 0.29) is 0 Å². The third kappa shape index (κ3) is 2.25. The van der Waals surface area contributed by atoms with Crippen molar-refractivity contribution in [3.05, 3.63) is 42.1 Å². The summed E-state index contributed by atoms with van der Waals surface area (Å²) in [4.78, 5) is 4.23. The topological polar surface area (TPSA) is 55.1 Å². The molecule has 0 aliphatic heterocycles. The smallest absolute Gasteiger partial charge is 0.161 e. The average Bonchev–Trinajstić information content (AvgIpc) is 2.46. The van der Waals surface area contributed by atoms with E-state index in [0.717, 1.165) is 11.3 Å². The van der Waals surface area contributed by atoms with Gasteiger partial charge in [-0.15, -0.1) is 0 Å². The first-order chi connectivity index (χ1) is 8.78. The van der Waals surface area contributed by atoms with Gasteiger partial charge in [0, 0.05) is 11.8 Å². The van der Waals surface area contributed by atoms with Gasteiger partial charge in [0.15, 0.2) is 11.5 Å². The predicted octanol–water partition coefficient (Wildman–Crippen LogP) is 2.64. The van der Waals surface area contributed by atoms with Crippen molar-refractivity contribution in [3.8, 4) is 28.8 Å². The highest BCUT2D eigenvalue weighted by atomic mass is 16.5. The number of benzene rings is 1. The van der Waals surface area contributed by atoms with Gasteiger partial charge in [0.05, 0.1) is 25.5 Å². The van der Waals surface area contributed by atoms with Crippen LogP contribution in [-0.4, -0.2) is 19.2 Å². The standard InChI is InChI=1S/C14H12N2O2/c1-17-13-6-4-11(7-14(13)18-2)12-5-3-10(8-15)9-16-12/h3-7,9H,1-2H3. The number of nitrogens with zero attached hydrogens (tertiary/aromatic N) is 2. The molecule has 1 heterocycles. The van der Waals surface area contributed by atoms with Crippen LogP contribution in [0.5, 0.6) is 11.5 Å². The van der Waals surface area contributed by atoms with Crippen LogP contribution in [0.3, 0.4) is 0 Å². The number of hydrogen-bond donors (Lipinski definition) is 0. The summed E-state index contributed by atoms with van der Waals surface area (Å²) in [6.07, 6.45) is 1.55. The van der Waals surface area contributed by atoms with Crippen molar-refractivity contribution in [1.82, 2.24) is 4.98 Å². The lowest BCUT2D eigenvalue weighted by Gasteiger charge is -2.09. The molecule has 0 atom stereocenters. The van der Waals surface area contributed by atoms with Crippen molar-refractivity contribution in [1.29, 1.82) is 5.26 Å². The van der Waals surface area contributed by atoms with Crippen LogP contribution in [-0.2, 0) is 0 Å². The van der Waals surface area contributed by atoms with Crippen molar-refractivity contribution in [2.75, 3.05) is 14.2 Å². The van der Waals surface area contributed by atoms with E-state index in [0.29, 0.717) is 17.1 Å². The summed E-state index contributed by atoms with van der Waals surface area (Å²) < 4.78 is 10.4. The van der Waals surface area contributed by atoms with E-state index in [9.17, 15) is 0 Å². The summed E-state index contributed by atoms with van der Waals surface area (Å²) in [6, 6.07) is 11.2. The number of nitriles is 1. The van der Waals surface area contributed by atoms with Crippen molar-refractivity contribution in [3.63, 3.8) is 0 Å². The van der Waals surface area contributed by atoms with E-state index in [1.807, 2.05) is 24.3 Å². The Bertz CT molecular complexity index is 586. The molecule has 0 spiro atoms. The number of pyridine rings is 1. The van der Waals surface area contributed by atoms with Gasteiger partial charge in [0.2, 0.25) is 0 Å². The molecule has 0 fully saturated rings. The molecular weight excluding hydrogens is 228 g/mol. The summed E-state index contributed by atoms with van der Waals surface area (Å²) in [6.45, 7) is 0. The largest absolute Gasteiger partial charge is 0.493 e. The van der Waals surface area contributed by atoms with Gasteiger partial charge in [0.1, 0.15) is 6.07 Å². The van der Waals surface area contributed by atoms with Gasteiger partial charge in [-0.1, -0.05) is 0 Å². The lowest BCUT2D eigenvalue weighted by molar-refractivity contribution is 0.355. The quantitative estimate of drug-likeness (QED) is 0.827. The van der Waals surface area contributed by atoms with Crippen LogP contribution in [0.2, 0.25) is 0 Å². The third-order valence-electron chi connectivity index (χ3n) is 2.57. The molecule has 4 nitrogen and oxygen atoms in total. The maximum atomic E-state index is 8.72. The van der Waals surface area contributed by atoms with Gasteiger partial charge in [-0.25, -0.2) is 0 Å². The van der Waals surface area contributed by atoms with Crippen molar-refractivity contribution >= 4 is 0 Å². The van der Waals surface area contributed by atoms with Gasteiger partial charge < -0.3 is 9.47 Å². The zero-order chi connectivity index (χ0) is 13.0. The minimum atomic E-state index is 0.541. The van der Waals surface area contributed by atoms with Gasteiger partial charge >= 0.3 is 0 Å². The van der Waals surface area contributed by atoms with Gasteiger partial charge in [0.25, 0.3) is 0 Å². The minimum Gasteiger partial charge on any atom is -0.493 e. The summed E-state index contributed by atoms with van der Waals surface area (Å²) >= 11 is 0. The molecule has 0 aliphatic rings. The Balaban J connectivity index is 2.41. The summed E-state index contributed by atoms with van der Waals surface area (Å²) in [7, 11) is 3.19. The fourth-order valence-corrected chi connectivity index (χ4v) is 1.63. The maximum absolute atomic E-state index is 8.72. The molecule has 1 aromatic carbocycles. The molecule has 18 heavy (non-hydrogen) atoms. The summed E-state index contributed by atoms with van der Waals surface area (Å²) in [5.74, 6) is 1.33. The number of ether oxygens (including phenoxy) is 2. The van der Waals surface area contributed by atoms with Gasteiger partial charge in [-0.3, -0.25) is 4.98 Å². The molecular formula is C14H12N2O2. The first-order valence-electron chi connectivity index (χ1n) is 5.37. The zero-order valence-corrected chi connectivity index (χ0v) is 10.2. The van der Waals surface area contributed by atoms with Crippen molar-refractivity contribution in [2.45, 2.75) is 0 Å².